The van der Waals surface area contributed by atoms with Gasteiger partial charge in [-0.15, -0.1) is 0 Å². The van der Waals surface area contributed by atoms with E-state index in [0.29, 0.717) is 12.8 Å². The lowest BCUT2D eigenvalue weighted by molar-refractivity contribution is -0.161. The first kappa shape index (κ1) is 44.8. The van der Waals surface area contributed by atoms with Crippen molar-refractivity contribution in [2.24, 2.45) is 0 Å². The molecule has 0 aliphatic carbocycles. The SMILES string of the molecule is CC/C=C\C/C=C\C/C=C\C/C=C\CCC(=O)OC(COC(=O)CCCCCCC/C=C\CCCCCCCCC)COP(=O)(O)O. The minimum atomic E-state index is -4.77. The number of phosphoric acid groups is 1. The first-order valence-electron chi connectivity index (χ1n) is 18.1. The van der Waals surface area contributed by atoms with Gasteiger partial charge in [0.15, 0.2) is 6.10 Å². The Balaban J connectivity index is 4.09. The number of esters is 2. The van der Waals surface area contributed by atoms with Crippen molar-refractivity contribution < 1.29 is 37.9 Å². The number of carbonyl (C=O) groups excluding carboxylic acids is 2. The Hall–Kier alpha value is -2.25. The van der Waals surface area contributed by atoms with Crippen LogP contribution in [0.2, 0.25) is 0 Å². The van der Waals surface area contributed by atoms with Gasteiger partial charge in [0, 0.05) is 12.8 Å². The van der Waals surface area contributed by atoms with E-state index in [-0.39, 0.29) is 19.4 Å². The van der Waals surface area contributed by atoms with Gasteiger partial charge < -0.3 is 19.3 Å². The zero-order valence-electron chi connectivity index (χ0n) is 29.4. The van der Waals surface area contributed by atoms with Crippen LogP contribution in [0.5, 0.6) is 0 Å². The number of ether oxygens (including phenoxy) is 2. The molecule has 9 heteroatoms. The van der Waals surface area contributed by atoms with Gasteiger partial charge in [0.1, 0.15) is 6.61 Å². The molecule has 0 bridgehead atoms. The lowest BCUT2D eigenvalue weighted by Crippen LogP contribution is -2.29. The van der Waals surface area contributed by atoms with E-state index in [1.807, 2.05) is 12.2 Å². The van der Waals surface area contributed by atoms with Crippen molar-refractivity contribution in [2.75, 3.05) is 13.2 Å². The third kappa shape index (κ3) is 36.4. The van der Waals surface area contributed by atoms with Crippen LogP contribution in [0.25, 0.3) is 0 Å². The van der Waals surface area contributed by atoms with Gasteiger partial charge in [-0.1, -0.05) is 132 Å². The average molecular weight is 681 g/mol. The number of carbonyl (C=O) groups is 2. The van der Waals surface area contributed by atoms with Gasteiger partial charge >= 0.3 is 19.8 Å². The van der Waals surface area contributed by atoms with Crippen LogP contribution >= 0.6 is 7.82 Å². The molecule has 0 heterocycles. The molecule has 270 valence electrons. The highest BCUT2D eigenvalue weighted by atomic mass is 31.2. The van der Waals surface area contributed by atoms with Crippen LogP contribution in [-0.2, 0) is 28.2 Å². The number of unbranched alkanes of at least 4 members (excludes halogenated alkanes) is 12. The summed E-state index contributed by atoms with van der Waals surface area (Å²) in [6.45, 7) is 3.47. The molecule has 0 saturated carbocycles. The van der Waals surface area contributed by atoms with E-state index in [2.05, 4.69) is 67.0 Å². The molecule has 1 unspecified atom stereocenters. The minimum Gasteiger partial charge on any atom is -0.462 e. The highest BCUT2D eigenvalue weighted by Crippen LogP contribution is 2.35. The van der Waals surface area contributed by atoms with Crippen molar-refractivity contribution in [1.82, 2.24) is 0 Å². The van der Waals surface area contributed by atoms with Crippen LogP contribution in [0.1, 0.15) is 149 Å². The minimum absolute atomic E-state index is 0.0869. The number of hydrogen-bond donors (Lipinski definition) is 2. The Morgan fingerprint density at radius 1 is 0.574 bits per heavy atom. The third-order valence-electron chi connectivity index (χ3n) is 7.28. The maximum atomic E-state index is 12.3. The molecule has 1 atom stereocenters. The second-order valence-electron chi connectivity index (χ2n) is 11.8. The number of rotatable bonds is 32. The summed E-state index contributed by atoms with van der Waals surface area (Å²) in [7, 11) is -4.77. The van der Waals surface area contributed by atoms with Crippen LogP contribution in [0, 0.1) is 0 Å². The first-order chi connectivity index (χ1) is 22.8. The largest absolute Gasteiger partial charge is 0.469 e. The molecule has 2 N–H and O–H groups in total. The lowest BCUT2D eigenvalue weighted by Gasteiger charge is -2.18. The molecule has 0 rings (SSSR count). The highest BCUT2D eigenvalue weighted by Gasteiger charge is 2.22. The summed E-state index contributed by atoms with van der Waals surface area (Å²) >= 11 is 0. The van der Waals surface area contributed by atoms with Gasteiger partial charge in [0.25, 0.3) is 0 Å². The molecule has 8 nitrogen and oxygen atoms in total. The summed E-state index contributed by atoms with van der Waals surface area (Å²) in [6, 6.07) is 0. The molecule has 0 aliphatic heterocycles. The number of allylic oxidation sites excluding steroid dienone is 10. The lowest BCUT2D eigenvalue weighted by atomic mass is 10.1. The van der Waals surface area contributed by atoms with E-state index in [0.717, 1.165) is 57.8 Å². The summed E-state index contributed by atoms with van der Waals surface area (Å²) in [5.41, 5.74) is 0. The van der Waals surface area contributed by atoms with E-state index in [4.69, 9.17) is 19.3 Å². The highest BCUT2D eigenvalue weighted by molar-refractivity contribution is 7.46. The second-order valence-corrected chi connectivity index (χ2v) is 13.0. The predicted octanol–water partition coefficient (Wildman–Crippen LogP) is 10.6. The summed E-state index contributed by atoms with van der Waals surface area (Å²) in [5.74, 6) is -0.995. The molecule has 0 fully saturated rings. The smallest absolute Gasteiger partial charge is 0.462 e. The van der Waals surface area contributed by atoms with Gasteiger partial charge in [-0.25, -0.2) is 4.57 Å². The van der Waals surface area contributed by atoms with Crippen LogP contribution in [0.3, 0.4) is 0 Å². The van der Waals surface area contributed by atoms with Gasteiger partial charge in [0.2, 0.25) is 0 Å². The van der Waals surface area contributed by atoms with E-state index < -0.39 is 32.5 Å². The summed E-state index contributed by atoms with van der Waals surface area (Å²) in [6.07, 6.45) is 41.0. The van der Waals surface area contributed by atoms with Gasteiger partial charge in [0.05, 0.1) is 6.61 Å². The molecule has 0 aromatic rings. The van der Waals surface area contributed by atoms with Crippen LogP contribution in [-0.4, -0.2) is 41.0 Å². The molecule has 0 saturated heterocycles. The fraction of sp³-hybridized carbons (Fsp3) is 0.684. The quantitative estimate of drug-likeness (QED) is 0.0312. The average Bonchev–Trinajstić information content (AvgIpc) is 3.03. The van der Waals surface area contributed by atoms with Crippen molar-refractivity contribution in [3.63, 3.8) is 0 Å². The van der Waals surface area contributed by atoms with Crippen molar-refractivity contribution in [3.8, 4) is 0 Å². The monoisotopic (exact) mass is 680 g/mol. The maximum Gasteiger partial charge on any atom is 0.469 e. The van der Waals surface area contributed by atoms with E-state index >= 15 is 0 Å². The molecule has 0 spiro atoms. The Bertz CT molecular complexity index is 947. The fourth-order valence-corrected chi connectivity index (χ4v) is 4.98. The van der Waals surface area contributed by atoms with Crippen LogP contribution in [0.4, 0.5) is 0 Å². The van der Waals surface area contributed by atoms with E-state index in [1.165, 1.54) is 51.4 Å². The Morgan fingerprint density at radius 2 is 1.06 bits per heavy atom. The van der Waals surface area contributed by atoms with Crippen molar-refractivity contribution in [2.45, 2.75) is 155 Å². The zero-order valence-corrected chi connectivity index (χ0v) is 30.3. The predicted molar refractivity (Wildman–Crippen MR) is 193 cm³/mol. The summed E-state index contributed by atoms with van der Waals surface area (Å²) < 4.78 is 26.2. The molecular formula is C38H65O8P. The fourth-order valence-electron chi connectivity index (χ4n) is 4.61. The molecule has 0 amide bonds. The van der Waals surface area contributed by atoms with Crippen molar-refractivity contribution in [3.05, 3.63) is 60.8 Å². The summed E-state index contributed by atoms with van der Waals surface area (Å²) in [5, 5.41) is 0. The van der Waals surface area contributed by atoms with Gasteiger partial charge in [-0.2, -0.15) is 0 Å². The third-order valence-corrected chi connectivity index (χ3v) is 7.77. The second kappa shape index (κ2) is 33.6. The van der Waals surface area contributed by atoms with Crippen LogP contribution < -0.4 is 0 Å². The Morgan fingerprint density at radius 3 is 1.62 bits per heavy atom. The molecule has 47 heavy (non-hydrogen) atoms. The topological polar surface area (TPSA) is 119 Å². The standard InChI is InChI=1S/C38H65O8P/c1-3-5-7-9-11-13-15-17-18-19-21-22-24-26-28-30-32-37(39)44-34-36(35-45-47(41,42)43)46-38(40)33-31-29-27-25-23-20-16-14-12-10-8-6-4-2/h6,8,12,14,18-20,23,27,29,36H,3-5,7,9-11,13,15-17,21-22,24-26,28,30-35H2,1-2H3,(H2,41,42,43)/b8-6-,14-12-,19-18-,23-20-,29-27-. The van der Waals surface area contributed by atoms with Crippen LogP contribution in [0.15, 0.2) is 60.8 Å². The maximum absolute atomic E-state index is 12.3. The molecule has 0 aromatic heterocycles. The molecule has 0 aliphatic rings. The van der Waals surface area contributed by atoms with Crippen molar-refractivity contribution in [1.29, 1.82) is 0 Å². The molecular weight excluding hydrogens is 615 g/mol. The Labute approximate surface area is 286 Å². The Kier molecular flexibility index (Phi) is 32.0. The first-order valence-corrected chi connectivity index (χ1v) is 19.6. The van der Waals surface area contributed by atoms with Crippen molar-refractivity contribution >= 4 is 19.8 Å². The number of phosphoric ester groups is 1. The molecule has 0 aromatic carbocycles. The van der Waals surface area contributed by atoms with Gasteiger partial charge in [-0.05, 0) is 64.2 Å². The summed E-state index contributed by atoms with van der Waals surface area (Å²) in [4.78, 5) is 42.6. The van der Waals surface area contributed by atoms with E-state index in [9.17, 15) is 14.2 Å². The zero-order chi connectivity index (χ0) is 34.7. The normalized spacial score (nSPS) is 13.2. The number of hydrogen-bond acceptors (Lipinski definition) is 6. The molecule has 0 radical (unpaired) electrons. The van der Waals surface area contributed by atoms with Gasteiger partial charge in [-0.3, -0.25) is 14.1 Å². The van der Waals surface area contributed by atoms with E-state index in [1.54, 1.807) is 0 Å².